The minimum atomic E-state index is -3.66. The molecule has 1 aliphatic heterocycles. The monoisotopic (exact) mass is 449 g/mol. The number of carbonyl (C=O) groups is 1. The number of anilines is 2. The van der Waals surface area contributed by atoms with Gasteiger partial charge >= 0.3 is 0 Å². The van der Waals surface area contributed by atoms with Crippen LogP contribution in [0.5, 0.6) is 0 Å². The second-order valence-electron chi connectivity index (χ2n) is 7.64. The first-order chi connectivity index (χ1) is 15.5. The molecule has 1 aliphatic rings. The molecule has 3 aromatic carbocycles. The number of sulfonamides is 1. The number of benzene rings is 3. The highest BCUT2D eigenvalue weighted by molar-refractivity contribution is 7.92. The van der Waals surface area contributed by atoms with E-state index in [1.54, 1.807) is 61.5 Å². The smallest absolute Gasteiger partial charge is 0.264 e. The van der Waals surface area contributed by atoms with Gasteiger partial charge in [-0.3, -0.25) is 9.10 Å². The molecule has 0 spiro atoms. The SMILES string of the molecule is CCN(c1ccc(C(=O)N2CCN(c3ccccc3)CC2)cc1)S(=O)(=O)c1ccccc1. The Balaban J connectivity index is 1.45. The van der Waals surface area contributed by atoms with Crippen LogP contribution in [0.3, 0.4) is 0 Å². The molecule has 6 nitrogen and oxygen atoms in total. The third-order valence-corrected chi connectivity index (χ3v) is 7.63. The summed E-state index contributed by atoms with van der Waals surface area (Å²) in [5, 5.41) is 0. The van der Waals surface area contributed by atoms with Crippen LogP contribution in [0, 0.1) is 0 Å². The molecule has 0 bridgehead atoms. The van der Waals surface area contributed by atoms with E-state index in [0.717, 1.165) is 13.1 Å². The third-order valence-electron chi connectivity index (χ3n) is 5.71. The fourth-order valence-electron chi connectivity index (χ4n) is 3.97. The fourth-order valence-corrected chi connectivity index (χ4v) is 5.47. The van der Waals surface area contributed by atoms with Crippen LogP contribution in [0.1, 0.15) is 17.3 Å². The van der Waals surface area contributed by atoms with Gasteiger partial charge in [0.05, 0.1) is 10.6 Å². The number of rotatable bonds is 6. The van der Waals surface area contributed by atoms with Crippen LogP contribution in [0.2, 0.25) is 0 Å². The number of nitrogens with zero attached hydrogens (tertiary/aromatic N) is 3. The van der Waals surface area contributed by atoms with E-state index in [4.69, 9.17) is 0 Å². The predicted octanol–water partition coefficient (Wildman–Crippen LogP) is 3.86. The molecule has 1 saturated heterocycles. The molecule has 1 heterocycles. The van der Waals surface area contributed by atoms with Gasteiger partial charge in [-0.15, -0.1) is 0 Å². The number of para-hydroxylation sites is 1. The molecule has 166 valence electrons. The number of hydrogen-bond donors (Lipinski definition) is 0. The van der Waals surface area contributed by atoms with Crippen molar-refractivity contribution in [1.29, 1.82) is 0 Å². The Labute approximate surface area is 189 Å². The van der Waals surface area contributed by atoms with E-state index < -0.39 is 10.0 Å². The van der Waals surface area contributed by atoms with E-state index in [0.29, 0.717) is 30.9 Å². The van der Waals surface area contributed by atoms with Gasteiger partial charge in [0.1, 0.15) is 0 Å². The zero-order chi connectivity index (χ0) is 22.6. The van der Waals surface area contributed by atoms with Gasteiger partial charge in [0.15, 0.2) is 0 Å². The van der Waals surface area contributed by atoms with Crippen molar-refractivity contribution in [2.45, 2.75) is 11.8 Å². The minimum Gasteiger partial charge on any atom is -0.368 e. The molecule has 0 aromatic heterocycles. The summed E-state index contributed by atoms with van der Waals surface area (Å²) in [4.78, 5) is 17.4. The molecule has 0 N–H and O–H groups in total. The molecule has 0 radical (unpaired) electrons. The van der Waals surface area contributed by atoms with Crippen LogP contribution in [0.15, 0.2) is 89.8 Å². The topological polar surface area (TPSA) is 60.9 Å². The normalized spacial score (nSPS) is 14.3. The summed E-state index contributed by atoms with van der Waals surface area (Å²) in [5.74, 6) is -0.0294. The van der Waals surface area contributed by atoms with Crippen molar-refractivity contribution in [1.82, 2.24) is 4.90 Å². The molecule has 1 fully saturated rings. The van der Waals surface area contributed by atoms with Crippen molar-refractivity contribution in [2.24, 2.45) is 0 Å². The first-order valence-corrected chi connectivity index (χ1v) is 12.2. The van der Waals surface area contributed by atoms with Gasteiger partial charge < -0.3 is 9.80 Å². The molecule has 7 heteroatoms. The van der Waals surface area contributed by atoms with Crippen molar-refractivity contribution >= 4 is 27.3 Å². The Kier molecular flexibility index (Phi) is 6.46. The van der Waals surface area contributed by atoms with E-state index in [9.17, 15) is 13.2 Å². The molecule has 0 aliphatic carbocycles. The van der Waals surface area contributed by atoms with E-state index >= 15 is 0 Å². The van der Waals surface area contributed by atoms with Crippen molar-refractivity contribution in [2.75, 3.05) is 41.9 Å². The molecule has 1 amide bonds. The quantitative estimate of drug-likeness (QED) is 0.573. The van der Waals surface area contributed by atoms with Gasteiger partial charge in [-0.1, -0.05) is 36.4 Å². The molecule has 3 aromatic rings. The van der Waals surface area contributed by atoms with Crippen molar-refractivity contribution in [3.8, 4) is 0 Å². The summed E-state index contributed by atoms with van der Waals surface area (Å²) in [6.07, 6.45) is 0. The highest BCUT2D eigenvalue weighted by Gasteiger charge is 2.25. The number of amides is 1. The summed E-state index contributed by atoms with van der Waals surface area (Å²) in [7, 11) is -3.66. The fraction of sp³-hybridized carbons (Fsp3) is 0.240. The van der Waals surface area contributed by atoms with Gasteiger partial charge in [-0.2, -0.15) is 0 Å². The summed E-state index contributed by atoms with van der Waals surface area (Å²) in [6.45, 7) is 4.97. The van der Waals surface area contributed by atoms with Crippen LogP contribution in [-0.4, -0.2) is 51.9 Å². The maximum Gasteiger partial charge on any atom is 0.264 e. The lowest BCUT2D eigenvalue weighted by Gasteiger charge is -2.36. The van der Waals surface area contributed by atoms with Gasteiger partial charge in [-0.05, 0) is 55.5 Å². The zero-order valence-corrected chi connectivity index (χ0v) is 18.9. The first-order valence-electron chi connectivity index (χ1n) is 10.8. The van der Waals surface area contributed by atoms with Crippen LogP contribution < -0.4 is 9.21 Å². The Morgan fingerprint density at radius 3 is 1.94 bits per heavy atom. The summed E-state index contributed by atoms with van der Waals surface area (Å²) < 4.78 is 27.4. The minimum absolute atomic E-state index is 0.0294. The number of hydrogen-bond acceptors (Lipinski definition) is 4. The standard InChI is InChI=1S/C25H27N3O3S/c1-2-28(32(30,31)24-11-7-4-8-12-24)23-15-13-21(14-16-23)25(29)27-19-17-26(18-20-27)22-9-5-3-6-10-22/h3-16H,2,17-20H2,1H3. The highest BCUT2D eigenvalue weighted by Crippen LogP contribution is 2.24. The van der Waals surface area contributed by atoms with E-state index in [1.807, 2.05) is 23.1 Å². The van der Waals surface area contributed by atoms with E-state index in [2.05, 4.69) is 17.0 Å². The average molecular weight is 450 g/mol. The maximum atomic E-state index is 13.0. The summed E-state index contributed by atoms with van der Waals surface area (Å²) >= 11 is 0. The number of piperazine rings is 1. The van der Waals surface area contributed by atoms with E-state index in [1.165, 1.54) is 9.99 Å². The molecule has 0 atom stereocenters. The van der Waals surface area contributed by atoms with E-state index in [-0.39, 0.29) is 10.8 Å². The Morgan fingerprint density at radius 1 is 0.812 bits per heavy atom. The molecule has 4 rings (SSSR count). The second kappa shape index (κ2) is 9.44. The summed E-state index contributed by atoms with van der Waals surface area (Å²) in [6, 6.07) is 25.4. The molecule has 0 unspecified atom stereocenters. The largest absolute Gasteiger partial charge is 0.368 e. The Morgan fingerprint density at radius 2 is 1.38 bits per heavy atom. The van der Waals surface area contributed by atoms with Crippen LogP contribution in [0.4, 0.5) is 11.4 Å². The van der Waals surface area contributed by atoms with Gasteiger partial charge in [0, 0.05) is 44.0 Å². The van der Waals surface area contributed by atoms with Crippen molar-refractivity contribution in [3.63, 3.8) is 0 Å². The lowest BCUT2D eigenvalue weighted by atomic mass is 10.1. The van der Waals surface area contributed by atoms with Crippen molar-refractivity contribution in [3.05, 3.63) is 90.5 Å². The Hall–Kier alpha value is -3.32. The zero-order valence-electron chi connectivity index (χ0n) is 18.1. The molecule has 0 saturated carbocycles. The maximum absolute atomic E-state index is 13.0. The molecular formula is C25H27N3O3S. The lowest BCUT2D eigenvalue weighted by molar-refractivity contribution is 0.0747. The predicted molar refractivity (Wildman–Crippen MR) is 128 cm³/mol. The van der Waals surface area contributed by atoms with Gasteiger partial charge in [-0.25, -0.2) is 8.42 Å². The highest BCUT2D eigenvalue weighted by atomic mass is 32.2. The van der Waals surface area contributed by atoms with Gasteiger partial charge in [0.25, 0.3) is 15.9 Å². The lowest BCUT2D eigenvalue weighted by Crippen LogP contribution is -2.48. The molecule has 32 heavy (non-hydrogen) atoms. The average Bonchev–Trinajstić information content (AvgIpc) is 2.85. The summed E-state index contributed by atoms with van der Waals surface area (Å²) in [5.41, 5.74) is 2.28. The van der Waals surface area contributed by atoms with Crippen LogP contribution >= 0.6 is 0 Å². The Bertz CT molecular complexity index is 1140. The number of carbonyl (C=O) groups excluding carboxylic acids is 1. The third kappa shape index (κ3) is 4.48. The molecular weight excluding hydrogens is 422 g/mol. The van der Waals surface area contributed by atoms with Crippen LogP contribution in [0.25, 0.3) is 0 Å². The van der Waals surface area contributed by atoms with Gasteiger partial charge in [0.2, 0.25) is 0 Å². The first kappa shape index (κ1) is 21.9. The second-order valence-corrected chi connectivity index (χ2v) is 9.51. The van der Waals surface area contributed by atoms with Crippen molar-refractivity contribution < 1.29 is 13.2 Å². The van der Waals surface area contributed by atoms with Crippen LogP contribution in [-0.2, 0) is 10.0 Å².